The van der Waals surface area contributed by atoms with Gasteiger partial charge in [0.15, 0.2) is 0 Å². The Kier molecular flexibility index (Phi) is 7.01. The first-order valence-electron chi connectivity index (χ1n) is 8.76. The molecule has 0 aliphatic carbocycles. The molecule has 0 aliphatic rings. The molecule has 0 fully saturated rings. The van der Waals surface area contributed by atoms with Crippen LogP contribution < -0.4 is 4.52 Å². The molecule has 0 spiro atoms. The number of rotatable bonds is 8. The van der Waals surface area contributed by atoms with Crippen LogP contribution in [-0.2, 0) is 15.5 Å². The van der Waals surface area contributed by atoms with Crippen molar-refractivity contribution in [3.8, 4) is 5.75 Å². The number of benzene rings is 2. The Balaban J connectivity index is 1.99. The topological polar surface area (TPSA) is 72.8 Å². The van der Waals surface area contributed by atoms with E-state index in [9.17, 15) is 14.3 Å². The van der Waals surface area contributed by atoms with E-state index in [1.807, 2.05) is 26.0 Å². The van der Waals surface area contributed by atoms with Gasteiger partial charge in [-0.1, -0.05) is 51.5 Å². The fraction of sp³-hybridized carbons (Fsp3) is 0.350. The first kappa shape index (κ1) is 20.2. The number of hydrogen-bond acceptors (Lipinski definition) is 4. The van der Waals surface area contributed by atoms with Gasteiger partial charge in [-0.15, -0.1) is 0 Å². The number of carbonyl (C=O) groups excluding carboxylic acids is 1. The molecule has 140 valence electrons. The van der Waals surface area contributed by atoms with Gasteiger partial charge in [0.1, 0.15) is 5.75 Å². The van der Waals surface area contributed by atoms with Gasteiger partial charge in [-0.05, 0) is 54.2 Å². The van der Waals surface area contributed by atoms with Crippen molar-refractivity contribution in [2.24, 2.45) is 0 Å². The maximum Gasteiger partial charge on any atom is 0.587 e. The van der Waals surface area contributed by atoms with E-state index < -0.39 is 13.8 Å². The molecule has 5 nitrogen and oxygen atoms in total. The minimum atomic E-state index is -4.55. The number of aryl methyl sites for hydroxylation is 1. The lowest BCUT2D eigenvalue weighted by Crippen LogP contribution is -2.07. The maximum atomic E-state index is 12.1. The molecule has 0 heterocycles. The summed E-state index contributed by atoms with van der Waals surface area (Å²) >= 11 is 0. The van der Waals surface area contributed by atoms with E-state index in [1.165, 1.54) is 0 Å². The van der Waals surface area contributed by atoms with Crippen molar-refractivity contribution >= 4 is 13.8 Å². The monoisotopic (exact) mass is 376 g/mol. The highest BCUT2D eigenvalue weighted by atomic mass is 31.2. The van der Waals surface area contributed by atoms with E-state index in [4.69, 9.17) is 4.52 Å². The van der Waals surface area contributed by atoms with Gasteiger partial charge in [-0.2, -0.15) is 0 Å². The summed E-state index contributed by atoms with van der Waals surface area (Å²) in [6, 6.07) is 13.6. The molecule has 0 aliphatic heterocycles. The van der Waals surface area contributed by atoms with Gasteiger partial charge < -0.3 is 9.05 Å². The van der Waals surface area contributed by atoms with Crippen molar-refractivity contribution in [2.45, 2.75) is 46.0 Å². The third-order valence-corrected chi connectivity index (χ3v) is 4.81. The van der Waals surface area contributed by atoms with Crippen LogP contribution in [0.2, 0.25) is 0 Å². The summed E-state index contributed by atoms with van der Waals surface area (Å²) in [4.78, 5) is 21.9. The second-order valence-electron chi connectivity index (χ2n) is 6.46. The van der Waals surface area contributed by atoms with E-state index in [-0.39, 0.29) is 11.3 Å². The van der Waals surface area contributed by atoms with Crippen LogP contribution in [0, 0.1) is 0 Å². The normalized spacial score (nSPS) is 13.3. The average Bonchev–Trinajstić information content (AvgIpc) is 2.60. The Labute approximate surface area is 154 Å². The van der Waals surface area contributed by atoms with Crippen LogP contribution in [0.4, 0.5) is 0 Å². The van der Waals surface area contributed by atoms with Crippen molar-refractivity contribution in [1.29, 1.82) is 0 Å². The molecule has 0 saturated heterocycles. The summed E-state index contributed by atoms with van der Waals surface area (Å²) in [6.45, 7) is 6.20. The molecule has 0 saturated carbocycles. The van der Waals surface area contributed by atoms with Crippen LogP contribution >= 0.6 is 7.82 Å². The zero-order valence-electron chi connectivity index (χ0n) is 15.3. The predicted octanol–water partition coefficient (Wildman–Crippen LogP) is 5.49. The summed E-state index contributed by atoms with van der Waals surface area (Å²) in [7, 11) is -4.55. The number of carbonyl (C=O) groups is 1. The van der Waals surface area contributed by atoms with E-state index in [2.05, 4.69) is 11.4 Å². The van der Waals surface area contributed by atoms with E-state index >= 15 is 0 Å². The molecule has 0 amide bonds. The Hall–Kier alpha value is -2.10. The zero-order chi connectivity index (χ0) is 19.2. The number of phosphoric acid groups is 1. The number of phosphoric ester groups is 1. The van der Waals surface area contributed by atoms with Gasteiger partial charge in [-0.3, -0.25) is 4.89 Å². The van der Waals surface area contributed by atoms with Crippen LogP contribution in [0.15, 0.2) is 48.5 Å². The molecule has 1 atom stereocenters. The Morgan fingerprint density at radius 3 is 2.23 bits per heavy atom. The molecule has 26 heavy (non-hydrogen) atoms. The molecule has 1 N–H and O–H groups in total. The van der Waals surface area contributed by atoms with Gasteiger partial charge >= 0.3 is 13.8 Å². The average molecular weight is 376 g/mol. The molecular weight excluding hydrogens is 351 g/mol. The zero-order valence-corrected chi connectivity index (χ0v) is 16.2. The molecule has 1 unspecified atom stereocenters. The molecule has 0 aromatic heterocycles. The van der Waals surface area contributed by atoms with E-state index in [0.29, 0.717) is 5.92 Å². The van der Waals surface area contributed by atoms with Gasteiger partial charge in [0.2, 0.25) is 0 Å². The van der Waals surface area contributed by atoms with Gasteiger partial charge in [0, 0.05) is 0 Å². The lowest BCUT2D eigenvalue weighted by molar-refractivity contribution is 0.0683. The maximum absolute atomic E-state index is 12.1. The smallest absolute Gasteiger partial charge is 0.395 e. The van der Waals surface area contributed by atoms with Crippen LogP contribution in [0.3, 0.4) is 0 Å². The summed E-state index contributed by atoms with van der Waals surface area (Å²) in [5, 5.41) is 0. The van der Waals surface area contributed by atoms with Crippen LogP contribution in [0.5, 0.6) is 5.75 Å². The first-order valence-corrected chi connectivity index (χ1v) is 10.3. The summed E-state index contributed by atoms with van der Waals surface area (Å²) in [5.74, 6) is -0.386. The summed E-state index contributed by atoms with van der Waals surface area (Å²) in [6.07, 6.45) is 3.09. The Bertz CT molecular complexity index is 766. The highest BCUT2D eigenvalue weighted by Crippen LogP contribution is 2.44. The number of hydrogen-bond donors (Lipinski definition) is 1. The van der Waals surface area contributed by atoms with Crippen molar-refractivity contribution in [2.75, 3.05) is 0 Å². The molecule has 2 aromatic carbocycles. The van der Waals surface area contributed by atoms with Gasteiger partial charge in [0.05, 0.1) is 5.56 Å². The summed E-state index contributed by atoms with van der Waals surface area (Å²) < 4.78 is 21.7. The van der Waals surface area contributed by atoms with Crippen molar-refractivity contribution in [3.05, 3.63) is 65.2 Å². The molecular formula is C20H25O5P. The van der Waals surface area contributed by atoms with Gasteiger partial charge in [-0.25, -0.2) is 9.36 Å². The second kappa shape index (κ2) is 9.02. The molecule has 2 rings (SSSR count). The number of unbranched alkanes of at least 4 members (excludes halogenated alkanes) is 1. The minimum absolute atomic E-state index is 0.169. The summed E-state index contributed by atoms with van der Waals surface area (Å²) in [5.41, 5.74) is 2.39. The fourth-order valence-electron chi connectivity index (χ4n) is 2.41. The third-order valence-electron chi connectivity index (χ3n) is 3.97. The predicted molar refractivity (Wildman–Crippen MR) is 101 cm³/mol. The third kappa shape index (κ3) is 6.01. The van der Waals surface area contributed by atoms with Gasteiger partial charge in [0.25, 0.3) is 0 Å². The molecule has 0 radical (unpaired) electrons. The molecule has 6 heteroatoms. The highest BCUT2D eigenvalue weighted by Gasteiger charge is 2.28. The quantitative estimate of drug-likeness (QED) is 0.617. The highest BCUT2D eigenvalue weighted by molar-refractivity contribution is 7.48. The minimum Gasteiger partial charge on any atom is -0.395 e. The lowest BCUT2D eigenvalue weighted by Gasteiger charge is -2.13. The van der Waals surface area contributed by atoms with Crippen LogP contribution in [0.1, 0.15) is 61.0 Å². The van der Waals surface area contributed by atoms with E-state index in [0.717, 1.165) is 30.4 Å². The largest absolute Gasteiger partial charge is 0.587 e. The van der Waals surface area contributed by atoms with Crippen molar-refractivity contribution in [3.63, 3.8) is 0 Å². The Morgan fingerprint density at radius 2 is 1.69 bits per heavy atom. The SMILES string of the molecule is CCCCc1ccc(C(=O)OP(=O)(O)Oc2ccc(C(C)C)cc2)cc1. The fourth-order valence-corrected chi connectivity index (χ4v) is 3.15. The first-order chi connectivity index (χ1) is 12.3. The lowest BCUT2D eigenvalue weighted by atomic mass is 10.0. The van der Waals surface area contributed by atoms with Crippen LogP contribution in [0.25, 0.3) is 0 Å². The van der Waals surface area contributed by atoms with E-state index in [1.54, 1.807) is 36.4 Å². The standard InChI is InChI=1S/C20H25O5P/c1-4-5-6-16-7-9-18(10-8-16)20(21)25-26(22,23)24-19-13-11-17(12-14-19)15(2)3/h7-15H,4-6H2,1-3H3,(H,22,23). The van der Waals surface area contributed by atoms with Crippen molar-refractivity contribution in [1.82, 2.24) is 0 Å². The molecule has 2 aromatic rings. The second-order valence-corrected chi connectivity index (χ2v) is 7.77. The van der Waals surface area contributed by atoms with Crippen molar-refractivity contribution < 1.29 is 23.3 Å². The van der Waals surface area contributed by atoms with Crippen LogP contribution in [-0.4, -0.2) is 10.9 Å². The Morgan fingerprint density at radius 1 is 1.08 bits per heavy atom. The molecule has 0 bridgehead atoms.